The van der Waals surface area contributed by atoms with E-state index in [-0.39, 0.29) is 6.10 Å². The van der Waals surface area contributed by atoms with Crippen molar-refractivity contribution in [2.24, 2.45) is 5.92 Å². The van der Waals surface area contributed by atoms with E-state index in [2.05, 4.69) is 34.1 Å². The molecule has 0 radical (unpaired) electrons. The standard InChI is InChI=1S/C20H25ClN2O/c21-19-14-22-11-8-18(19)15-23-12-9-17(10-13-23)20(24)7-6-16-4-2-1-3-5-16/h1-5,8,11,14,17,20,24H,6-7,9-10,12-13,15H2. The van der Waals surface area contributed by atoms with Crippen LogP contribution < -0.4 is 0 Å². The van der Waals surface area contributed by atoms with Gasteiger partial charge in [0, 0.05) is 18.9 Å². The molecule has 128 valence electrons. The van der Waals surface area contributed by atoms with Crippen molar-refractivity contribution in [3.63, 3.8) is 0 Å². The second-order valence-corrected chi connectivity index (χ2v) is 7.08. The molecule has 0 spiro atoms. The predicted octanol–water partition coefficient (Wildman–Crippen LogP) is 3.94. The average molecular weight is 345 g/mol. The average Bonchev–Trinajstić information content (AvgIpc) is 2.63. The summed E-state index contributed by atoms with van der Waals surface area (Å²) in [6.45, 7) is 2.91. The van der Waals surface area contributed by atoms with Crippen LogP contribution in [-0.2, 0) is 13.0 Å². The second kappa shape index (κ2) is 8.61. The van der Waals surface area contributed by atoms with Gasteiger partial charge in [0.05, 0.1) is 11.1 Å². The van der Waals surface area contributed by atoms with Crippen LogP contribution in [0.4, 0.5) is 0 Å². The van der Waals surface area contributed by atoms with Crippen molar-refractivity contribution in [2.45, 2.75) is 38.3 Å². The van der Waals surface area contributed by atoms with Crippen LogP contribution in [0.3, 0.4) is 0 Å². The smallest absolute Gasteiger partial charge is 0.0634 e. The van der Waals surface area contributed by atoms with E-state index in [1.807, 2.05) is 12.1 Å². The Bertz CT molecular complexity index is 627. The summed E-state index contributed by atoms with van der Waals surface area (Å²) < 4.78 is 0. The Balaban J connectivity index is 1.44. The van der Waals surface area contributed by atoms with Crippen LogP contribution in [0.25, 0.3) is 0 Å². The van der Waals surface area contributed by atoms with Crippen molar-refractivity contribution >= 4 is 11.6 Å². The van der Waals surface area contributed by atoms with Gasteiger partial charge < -0.3 is 5.11 Å². The number of likely N-dealkylation sites (tertiary alicyclic amines) is 1. The zero-order valence-corrected chi connectivity index (χ0v) is 14.7. The number of aromatic nitrogens is 1. The molecule has 0 bridgehead atoms. The molecule has 0 amide bonds. The highest BCUT2D eigenvalue weighted by molar-refractivity contribution is 6.31. The summed E-state index contributed by atoms with van der Waals surface area (Å²) in [5.74, 6) is 0.415. The molecule has 1 unspecified atom stereocenters. The predicted molar refractivity (Wildman–Crippen MR) is 98.0 cm³/mol. The third-order valence-corrected chi connectivity index (χ3v) is 5.34. The van der Waals surface area contributed by atoms with Gasteiger partial charge in [0.2, 0.25) is 0 Å². The molecular weight excluding hydrogens is 320 g/mol. The minimum Gasteiger partial charge on any atom is -0.393 e. The lowest BCUT2D eigenvalue weighted by Crippen LogP contribution is -2.37. The number of hydrogen-bond donors (Lipinski definition) is 1. The number of nitrogens with zero attached hydrogens (tertiary/aromatic N) is 2. The first-order chi connectivity index (χ1) is 11.7. The number of piperidine rings is 1. The molecule has 1 N–H and O–H groups in total. The lowest BCUT2D eigenvalue weighted by molar-refractivity contribution is 0.0519. The third-order valence-electron chi connectivity index (χ3n) is 5.00. The van der Waals surface area contributed by atoms with Crippen molar-refractivity contribution < 1.29 is 5.11 Å². The Morgan fingerprint density at radius 3 is 2.62 bits per heavy atom. The molecule has 3 nitrogen and oxygen atoms in total. The van der Waals surface area contributed by atoms with E-state index < -0.39 is 0 Å². The molecule has 1 aromatic carbocycles. The van der Waals surface area contributed by atoms with Gasteiger partial charge >= 0.3 is 0 Å². The highest BCUT2D eigenvalue weighted by atomic mass is 35.5. The molecule has 0 aliphatic carbocycles. The van der Waals surface area contributed by atoms with E-state index in [1.165, 1.54) is 5.56 Å². The fourth-order valence-electron chi connectivity index (χ4n) is 3.46. The Kier molecular flexibility index (Phi) is 6.24. The maximum absolute atomic E-state index is 10.5. The number of hydrogen-bond acceptors (Lipinski definition) is 3. The van der Waals surface area contributed by atoms with Crippen LogP contribution >= 0.6 is 11.6 Å². The topological polar surface area (TPSA) is 36.4 Å². The van der Waals surface area contributed by atoms with E-state index in [1.54, 1.807) is 12.4 Å². The quantitative estimate of drug-likeness (QED) is 0.862. The van der Waals surface area contributed by atoms with Crippen molar-refractivity contribution in [1.82, 2.24) is 9.88 Å². The van der Waals surface area contributed by atoms with E-state index in [9.17, 15) is 5.11 Å². The maximum atomic E-state index is 10.5. The van der Waals surface area contributed by atoms with Gasteiger partial charge in [-0.15, -0.1) is 0 Å². The summed E-state index contributed by atoms with van der Waals surface area (Å²) in [5.41, 5.74) is 2.44. The number of aryl methyl sites for hydroxylation is 1. The van der Waals surface area contributed by atoms with Crippen LogP contribution in [0, 0.1) is 5.92 Å². The Morgan fingerprint density at radius 1 is 1.17 bits per heavy atom. The fraction of sp³-hybridized carbons (Fsp3) is 0.450. The van der Waals surface area contributed by atoms with Crippen molar-refractivity contribution in [3.05, 3.63) is 64.9 Å². The summed E-state index contributed by atoms with van der Waals surface area (Å²) in [4.78, 5) is 6.45. The van der Waals surface area contributed by atoms with Gasteiger partial charge in [-0.1, -0.05) is 41.9 Å². The van der Waals surface area contributed by atoms with Gasteiger partial charge in [0.1, 0.15) is 0 Å². The zero-order valence-electron chi connectivity index (χ0n) is 13.9. The largest absolute Gasteiger partial charge is 0.393 e. The van der Waals surface area contributed by atoms with Gasteiger partial charge in [-0.25, -0.2) is 0 Å². The van der Waals surface area contributed by atoms with Crippen LogP contribution in [0.2, 0.25) is 5.02 Å². The molecule has 1 fully saturated rings. The lowest BCUT2D eigenvalue weighted by atomic mass is 9.88. The van der Waals surface area contributed by atoms with E-state index >= 15 is 0 Å². The first-order valence-electron chi connectivity index (χ1n) is 8.75. The Hall–Kier alpha value is -1.42. The lowest BCUT2D eigenvalue weighted by Gasteiger charge is -2.34. The molecule has 1 aliphatic rings. The highest BCUT2D eigenvalue weighted by Crippen LogP contribution is 2.25. The molecule has 1 aromatic heterocycles. The number of aliphatic hydroxyl groups excluding tert-OH is 1. The molecule has 0 saturated carbocycles. The summed E-state index contributed by atoms with van der Waals surface area (Å²) in [5, 5.41) is 11.2. The molecular formula is C20H25ClN2O. The summed E-state index contributed by atoms with van der Waals surface area (Å²) >= 11 is 6.19. The van der Waals surface area contributed by atoms with Crippen LogP contribution in [0.1, 0.15) is 30.4 Å². The number of rotatable bonds is 6. The molecule has 4 heteroatoms. The molecule has 24 heavy (non-hydrogen) atoms. The molecule has 2 heterocycles. The molecule has 1 saturated heterocycles. The normalized spacial score (nSPS) is 17.8. The van der Waals surface area contributed by atoms with Gasteiger partial charge in [-0.3, -0.25) is 9.88 Å². The fourth-order valence-corrected chi connectivity index (χ4v) is 3.64. The number of aliphatic hydroxyl groups is 1. The second-order valence-electron chi connectivity index (χ2n) is 6.67. The minimum atomic E-state index is -0.197. The Morgan fingerprint density at radius 2 is 1.92 bits per heavy atom. The van der Waals surface area contributed by atoms with Crippen LogP contribution in [0.15, 0.2) is 48.8 Å². The van der Waals surface area contributed by atoms with Crippen LogP contribution in [0.5, 0.6) is 0 Å². The van der Waals surface area contributed by atoms with Crippen LogP contribution in [-0.4, -0.2) is 34.2 Å². The van der Waals surface area contributed by atoms with Crippen molar-refractivity contribution in [2.75, 3.05) is 13.1 Å². The summed E-state index contributed by atoms with van der Waals surface area (Å²) in [6, 6.07) is 12.4. The highest BCUT2D eigenvalue weighted by Gasteiger charge is 2.25. The first kappa shape index (κ1) is 17.4. The molecule has 1 aliphatic heterocycles. The van der Waals surface area contributed by atoms with Gasteiger partial charge in [0.25, 0.3) is 0 Å². The van der Waals surface area contributed by atoms with Gasteiger partial charge in [-0.05, 0) is 61.9 Å². The number of benzene rings is 1. The monoisotopic (exact) mass is 344 g/mol. The maximum Gasteiger partial charge on any atom is 0.0634 e. The van der Waals surface area contributed by atoms with Gasteiger partial charge in [0.15, 0.2) is 0 Å². The van der Waals surface area contributed by atoms with E-state index in [0.717, 1.165) is 55.9 Å². The zero-order chi connectivity index (χ0) is 16.8. The minimum absolute atomic E-state index is 0.197. The molecule has 3 rings (SSSR count). The summed E-state index contributed by atoms with van der Waals surface area (Å²) in [7, 11) is 0. The van der Waals surface area contributed by atoms with Crippen molar-refractivity contribution in [1.29, 1.82) is 0 Å². The summed E-state index contributed by atoms with van der Waals surface area (Å²) in [6.07, 6.45) is 7.21. The number of pyridine rings is 1. The van der Waals surface area contributed by atoms with E-state index in [4.69, 9.17) is 11.6 Å². The molecule has 2 aromatic rings. The number of halogens is 1. The Labute approximate surface area is 149 Å². The van der Waals surface area contributed by atoms with Gasteiger partial charge in [-0.2, -0.15) is 0 Å². The molecule has 1 atom stereocenters. The van der Waals surface area contributed by atoms with Crippen molar-refractivity contribution in [3.8, 4) is 0 Å². The first-order valence-corrected chi connectivity index (χ1v) is 9.13. The van der Waals surface area contributed by atoms with E-state index in [0.29, 0.717) is 5.92 Å². The SMILES string of the molecule is OC(CCc1ccccc1)C1CCN(Cc2ccncc2Cl)CC1. The third kappa shape index (κ3) is 4.79.